The Hall–Kier alpha value is -1.41. The number of anilines is 1. The molecule has 24 heavy (non-hydrogen) atoms. The second kappa shape index (κ2) is 7.65. The fourth-order valence-electron chi connectivity index (χ4n) is 2.55. The van der Waals surface area contributed by atoms with Gasteiger partial charge >= 0.3 is 0 Å². The van der Waals surface area contributed by atoms with Crippen LogP contribution >= 0.6 is 15.9 Å². The SMILES string of the molecule is CCS(=O)(=O)CCNC(=O)C1CC(=O)N(c2ccc(Br)c(C)c2)C1. The van der Waals surface area contributed by atoms with Crippen LogP contribution in [0.25, 0.3) is 0 Å². The third-order valence-electron chi connectivity index (χ3n) is 4.10. The normalized spacial score (nSPS) is 18.0. The maximum absolute atomic E-state index is 12.2. The molecule has 1 unspecified atom stereocenters. The first-order chi connectivity index (χ1) is 11.2. The molecule has 6 nitrogen and oxygen atoms in total. The predicted octanol–water partition coefficient (Wildman–Crippen LogP) is 1.66. The molecule has 1 saturated heterocycles. The molecule has 1 fully saturated rings. The Bertz CT molecular complexity index is 748. The van der Waals surface area contributed by atoms with Crippen LogP contribution in [0, 0.1) is 12.8 Å². The van der Waals surface area contributed by atoms with Crippen LogP contribution in [0.1, 0.15) is 18.9 Å². The van der Waals surface area contributed by atoms with Gasteiger partial charge in [0.2, 0.25) is 11.8 Å². The van der Waals surface area contributed by atoms with Gasteiger partial charge in [0.25, 0.3) is 0 Å². The molecule has 0 aromatic heterocycles. The van der Waals surface area contributed by atoms with Crippen LogP contribution in [-0.2, 0) is 19.4 Å². The summed E-state index contributed by atoms with van der Waals surface area (Å²) in [6.07, 6.45) is 0.140. The second-order valence-corrected chi connectivity index (χ2v) is 9.19. The molecule has 1 aliphatic rings. The highest BCUT2D eigenvalue weighted by Crippen LogP contribution is 2.28. The van der Waals surface area contributed by atoms with Crippen molar-refractivity contribution in [1.82, 2.24) is 5.32 Å². The van der Waals surface area contributed by atoms with Gasteiger partial charge in [0.05, 0.1) is 11.7 Å². The lowest BCUT2D eigenvalue weighted by Gasteiger charge is -2.17. The number of carbonyl (C=O) groups is 2. The molecule has 2 amide bonds. The first-order valence-electron chi connectivity index (χ1n) is 7.78. The Morgan fingerprint density at radius 3 is 2.75 bits per heavy atom. The quantitative estimate of drug-likeness (QED) is 0.763. The lowest BCUT2D eigenvalue weighted by atomic mass is 10.1. The van der Waals surface area contributed by atoms with E-state index in [0.29, 0.717) is 6.54 Å². The highest BCUT2D eigenvalue weighted by atomic mass is 79.9. The van der Waals surface area contributed by atoms with E-state index in [4.69, 9.17) is 0 Å². The summed E-state index contributed by atoms with van der Waals surface area (Å²) >= 11 is 3.42. The van der Waals surface area contributed by atoms with Crippen molar-refractivity contribution in [3.63, 3.8) is 0 Å². The minimum absolute atomic E-state index is 0.0570. The summed E-state index contributed by atoms with van der Waals surface area (Å²) in [5.74, 6) is -0.845. The standard InChI is InChI=1S/C16H21BrN2O4S/c1-3-24(22,23)7-6-18-16(21)12-9-15(20)19(10-12)13-4-5-14(17)11(2)8-13/h4-5,8,12H,3,6-7,9-10H2,1-2H3,(H,18,21). The summed E-state index contributed by atoms with van der Waals surface area (Å²) in [5.41, 5.74) is 1.78. The highest BCUT2D eigenvalue weighted by molar-refractivity contribution is 9.10. The van der Waals surface area contributed by atoms with Crippen LogP contribution in [0.15, 0.2) is 22.7 Å². The number of nitrogens with one attached hydrogen (secondary N) is 1. The van der Waals surface area contributed by atoms with Gasteiger partial charge in [0, 0.05) is 35.4 Å². The summed E-state index contributed by atoms with van der Waals surface area (Å²) in [5, 5.41) is 2.62. The van der Waals surface area contributed by atoms with Crippen molar-refractivity contribution in [2.45, 2.75) is 20.3 Å². The summed E-state index contributed by atoms with van der Waals surface area (Å²) in [6.45, 7) is 3.90. The molecule has 8 heteroatoms. The van der Waals surface area contributed by atoms with E-state index in [9.17, 15) is 18.0 Å². The number of halogens is 1. The van der Waals surface area contributed by atoms with Crippen molar-refractivity contribution < 1.29 is 18.0 Å². The lowest BCUT2D eigenvalue weighted by molar-refractivity contribution is -0.126. The van der Waals surface area contributed by atoms with Gasteiger partial charge in [0.15, 0.2) is 9.84 Å². The van der Waals surface area contributed by atoms with Crippen LogP contribution in [0.2, 0.25) is 0 Å². The first kappa shape index (κ1) is 18.9. The minimum atomic E-state index is -3.11. The minimum Gasteiger partial charge on any atom is -0.355 e. The number of sulfone groups is 1. The molecule has 2 rings (SSSR count). The molecule has 1 N–H and O–H groups in total. The molecule has 0 bridgehead atoms. The summed E-state index contributed by atoms with van der Waals surface area (Å²) in [7, 11) is -3.11. The van der Waals surface area contributed by atoms with Crippen molar-refractivity contribution in [2.75, 3.05) is 29.5 Å². The van der Waals surface area contributed by atoms with E-state index in [1.165, 1.54) is 0 Å². The molecule has 0 radical (unpaired) electrons. The van der Waals surface area contributed by atoms with Crippen LogP contribution in [0.3, 0.4) is 0 Å². The number of hydrogen-bond donors (Lipinski definition) is 1. The maximum atomic E-state index is 12.2. The van der Waals surface area contributed by atoms with Crippen molar-refractivity contribution in [3.05, 3.63) is 28.2 Å². The number of carbonyl (C=O) groups excluding carboxylic acids is 2. The van der Waals surface area contributed by atoms with E-state index in [1.807, 2.05) is 25.1 Å². The van der Waals surface area contributed by atoms with Crippen molar-refractivity contribution in [3.8, 4) is 0 Å². The maximum Gasteiger partial charge on any atom is 0.227 e. The van der Waals surface area contributed by atoms with E-state index >= 15 is 0 Å². The van der Waals surface area contributed by atoms with Crippen molar-refractivity contribution in [1.29, 1.82) is 0 Å². The van der Waals surface area contributed by atoms with E-state index < -0.39 is 15.8 Å². The van der Waals surface area contributed by atoms with Gasteiger partial charge in [-0.25, -0.2) is 8.42 Å². The third-order valence-corrected chi connectivity index (χ3v) is 6.70. The molecule has 1 atom stereocenters. The zero-order valence-corrected chi connectivity index (χ0v) is 16.1. The highest BCUT2D eigenvalue weighted by Gasteiger charge is 2.35. The zero-order valence-electron chi connectivity index (χ0n) is 13.7. The predicted molar refractivity (Wildman–Crippen MR) is 96.7 cm³/mol. The van der Waals surface area contributed by atoms with Crippen LogP contribution in [0.5, 0.6) is 0 Å². The fraction of sp³-hybridized carbons (Fsp3) is 0.500. The Kier molecular flexibility index (Phi) is 6.03. The van der Waals surface area contributed by atoms with Crippen molar-refractivity contribution in [2.24, 2.45) is 5.92 Å². The van der Waals surface area contributed by atoms with Gasteiger partial charge in [0.1, 0.15) is 0 Å². The molecule has 0 saturated carbocycles. The number of benzene rings is 1. The molecule has 1 heterocycles. The van der Waals surface area contributed by atoms with Gasteiger partial charge < -0.3 is 10.2 Å². The third kappa shape index (κ3) is 4.57. The summed E-state index contributed by atoms with van der Waals surface area (Å²) in [6, 6.07) is 5.61. The summed E-state index contributed by atoms with van der Waals surface area (Å²) < 4.78 is 23.8. The molecule has 1 aromatic rings. The molecular formula is C16H21BrN2O4S. The lowest BCUT2D eigenvalue weighted by Crippen LogP contribution is -2.35. The topological polar surface area (TPSA) is 83.5 Å². The number of rotatable bonds is 6. The van der Waals surface area contributed by atoms with Gasteiger partial charge in [-0.05, 0) is 30.7 Å². The largest absolute Gasteiger partial charge is 0.355 e. The van der Waals surface area contributed by atoms with Crippen LogP contribution < -0.4 is 10.2 Å². The molecule has 132 valence electrons. The van der Waals surface area contributed by atoms with Crippen LogP contribution in [0.4, 0.5) is 5.69 Å². The fourth-order valence-corrected chi connectivity index (χ4v) is 3.50. The van der Waals surface area contributed by atoms with Crippen molar-refractivity contribution >= 4 is 43.3 Å². The monoisotopic (exact) mass is 416 g/mol. The van der Waals surface area contributed by atoms with Gasteiger partial charge in [-0.15, -0.1) is 0 Å². The first-order valence-corrected chi connectivity index (χ1v) is 10.4. The molecule has 1 aromatic carbocycles. The Balaban J connectivity index is 1.96. The number of aryl methyl sites for hydroxylation is 1. The zero-order chi connectivity index (χ0) is 17.9. The average molecular weight is 417 g/mol. The Morgan fingerprint density at radius 2 is 2.12 bits per heavy atom. The number of hydrogen-bond acceptors (Lipinski definition) is 4. The molecule has 1 aliphatic heterocycles. The van der Waals surface area contributed by atoms with E-state index in [1.54, 1.807) is 11.8 Å². The average Bonchev–Trinajstić information content (AvgIpc) is 2.92. The number of nitrogens with zero attached hydrogens (tertiary/aromatic N) is 1. The van der Waals surface area contributed by atoms with Gasteiger partial charge in [-0.2, -0.15) is 0 Å². The molecule has 0 spiro atoms. The Morgan fingerprint density at radius 1 is 1.42 bits per heavy atom. The van der Waals surface area contributed by atoms with Gasteiger partial charge in [-0.1, -0.05) is 22.9 Å². The van der Waals surface area contributed by atoms with E-state index in [0.717, 1.165) is 15.7 Å². The van der Waals surface area contributed by atoms with E-state index in [2.05, 4.69) is 21.2 Å². The van der Waals surface area contributed by atoms with Gasteiger partial charge in [-0.3, -0.25) is 9.59 Å². The molecule has 0 aliphatic carbocycles. The molecular weight excluding hydrogens is 396 g/mol. The Labute approximate surface area is 150 Å². The smallest absolute Gasteiger partial charge is 0.227 e. The number of amides is 2. The second-order valence-electron chi connectivity index (χ2n) is 5.87. The van der Waals surface area contributed by atoms with E-state index in [-0.39, 0.29) is 36.3 Å². The summed E-state index contributed by atoms with van der Waals surface area (Å²) in [4.78, 5) is 26.0. The van der Waals surface area contributed by atoms with Crippen LogP contribution in [-0.4, -0.2) is 44.8 Å².